The number of nitrogens with two attached hydrogens (primary N) is 1. The monoisotopic (exact) mass is 224 g/mol. The third-order valence-electron chi connectivity index (χ3n) is 4.63. The van der Waals surface area contributed by atoms with Crippen molar-refractivity contribution in [3.8, 4) is 0 Å². The van der Waals surface area contributed by atoms with Crippen LogP contribution in [-0.4, -0.2) is 43.8 Å². The van der Waals surface area contributed by atoms with Crippen molar-refractivity contribution in [2.45, 2.75) is 31.7 Å². The van der Waals surface area contributed by atoms with E-state index in [-0.39, 0.29) is 0 Å². The average Bonchev–Trinajstić information content (AvgIpc) is 2.76. The predicted molar refractivity (Wildman–Crippen MR) is 64.2 cm³/mol. The first-order valence-electron chi connectivity index (χ1n) is 6.87. The summed E-state index contributed by atoms with van der Waals surface area (Å²) in [6, 6.07) is 0.496. The Kier molecular flexibility index (Phi) is 3.18. The summed E-state index contributed by atoms with van der Waals surface area (Å²) in [7, 11) is 0. The second kappa shape index (κ2) is 4.63. The number of hydrogen-bond donors (Lipinski definition) is 1. The fraction of sp³-hybridized carbons (Fsp3) is 1.00. The summed E-state index contributed by atoms with van der Waals surface area (Å²) in [5.74, 6) is 2.60. The Hall–Kier alpha value is -0.120. The van der Waals surface area contributed by atoms with Gasteiger partial charge in [-0.25, -0.2) is 0 Å². The summed E-state index contributed by atoms with van der Waals surface area (Å²) in [5.41, 5.74) is 6.02. The first-order valence-corrected chi connectivity index (χ1v) is 6.87. The molecule has 0 aromatic heterocycles. The van der Waals surface area contributed by atoms with Crippen LogP contribution in [-0.2, 0) is 4.74 Å². The summed E-state index contributed by atoms with van der Waals surface area (Å²) < 4.78 is 5.56. The van der Waals surface area contributed by atoms with Crippen LogP contribution in [0.2, 0.25) is 0 Å². The Bertz CT molecular complexity index is 226. The highest BCUT2D eigenvalue weighted by atomic mass is 16.5. The maximum absolute atomic E-state index is 6.02. The maximum atomic E-state index is 6.02. The van der Waals surface area contributed by atoms with Crippen LogP contribution in [0.5, 0.6) is 0 Å². The molecule has 3 nitrogen and oxygen atoms in total. The Morgan fingerprint density at radius 3 is 2.56 bits per heavy atom. The van der Waals surface area contributed by atoms with Crippen LogP contribution in [0.3, 0.4) is 0 Å². The van der Waals surface area contributed by atoms with Crippen molar-refractivity contribution in [1.29, 1.82) is 0 Å². The molecule has 0 spiro atoms. The number of ether oxygens (including phenoxy) is 1. The van der Waals surface area contributed by atoms with Gasteiger partial charge in [0, 0.05) is 32.3 Å². The molecule has 0 aromatic carbocycles. The summed E-state index contributed by atoms with van der Waals surface area (Å²) in [4.78, 5) is 2.67. The van der Waals surface area contributed by atoms with E-state index in [1.807, 2.05) is 0 Å². The van der Waals surface area contributed by atoms with E-state index in [0.29, 0.717) is 6.04 Å². The number of likely N-dealkylation sites (tertiary alicyclic amines) is 1. The molecule has 2 N–H and O–H groups in total. The van der Waals surface area contributed by atoms with Crippen LogP contribution >= 0.6 is 0 Å². The van der Waals surface area contributed by atoms with Crippen LogP contribution in [0.25, 0.3) is 0 Å². The van der Waals surface area contributed by atoms with Gasteiger partial charge in [-0.3, -0.25) is 0 Å². The van der Waals surface area contributed by atoms with Gasteiger partial charge in [0.05, 0.1) is 6.61 Å². The van der Waals surface area contributed by atoms with Crippen LogP contribution < -0.4 is 5.73 Å². The highest BCUT2D eigenvalue weighted by molar-refractivity contribution is 4.94. The van der Waals surface area contributed by atoms with Gasteiger partial charge >= 0.3 is 0 Å². The van der Waals surface area contributed by atoms with Crippen molar-refractivity contribution in [2.75, 3.05) is 32.8 Å². The minimum atomic E-state index is 0.496. The van der Waals surface area contributed by atoms with Gasteiger partial charge in [-0.05, 0) is 43.4 Å². The molecule has 3 fully saturated rings. The standard InChI is InChI=1S/C13H24N2O/c14-13-4-11-7-15(8-12(11)5-13)6-10-2-1-3-16-9-10/h10-13H,1-9,14H2/t10?,11-,12?,13?/m0/s1. The van der Waals surface area contributed by atoms with Crippen LogP contribution in [0, 0.1) is 17.8 Å². The summed E-state index contributed by atoms with van der Waals surface area (Å²) in [6.45, 7) is 5.84. The molecule has 92 valence electrons. The molecule has 16 heavy (non-hydrogen) atoms. The first-order chi connectivity index (χ1) is 7.81. The third-order valence-corrected chi connectivity index (χ3v) is 4.63. The molecule has 3 aliphatic rings. The minimum absolute atomic E-state index is 0.496. The molecule has 3 unspecified atom stereocenters. The third kappa shape index (κ3) is 2.27. The summed E-state index contributed by atoms with van der Waals surface area (Å²) >= 11 is 0. The zero-order valence-electron chi connectivity index (χ0n) is 10.1. The molecule has 2 aliphatic heterocycles. The van der Waals surface area contributed by atoms with E-state index < -0.39 is 0 Å². The zero-order chi connectivity index (χ0) is 11.0. The number of nitrogens with zero attached hydrogens (tertiary/aromatic N) is 1. The van der Waals surface area contributed by atoms with E-state index in [0.717, 1.165) is 31.0 Å². The van der Waals surface area contributed by atoms with Gasteiger partial charge in [-0.15, -0.1) is 0 Å². The highest BCUT2D eigenvalue weighted by Crippen LogP contribution is 2.37. The molecule has 0 aromatic rings. The molecule has 1 saturated carbocycles. The van der Waals surface area contributed by atoms with Gasteiger partial charge in [0.15, 0.2) is 0 Å². The van der Waals surface area contributed by atoms with Crippen molar-refractivity contribution in [3.05, 3.63) is 0 Å². The van der Waals surface area contributed by atoms with Gasteiger partial charge < -0.3 is 15.4 Å². The first kappa shape index (κ1) is 11.0. The normalized spacial score (nSPS) is 44.8. The quantitative estimate of drug-likeness (QED) is 0.763. The van der Waals surface area contributed by atoms with Gasteiger partial charge in [0.25, 0.3) is 0 Å². The molecule has 2 heterocycles. The van der Waals surface area contributed by atoms with E-state index in [4.69, 9.17) is 10.5 Å². The fourth-order valence-corrected chi connectivity index (χ4v) is 3.91. The minimum Gasteiger partial charge on any atom is -0.381 e. The van der Waals surface area contributed by atoms with Crippen molar-refractivity contribution < 1.29 is 4.74 Å². The predicted octanol–water partition coefficient (Wildman–Crippen LogP) is 1.08. The van der Waals surface area contributed by atoms with Gasteiger partial charge in [0.2, 0.25) is 0 Å². The van der Waals surface area contributed by atoms with E-state index in [9.17, 15) is 0 Å². The van der Waals surface area contributed by atoms with E-state index in [1.54, 1.807) is 0 Å². The lowest BCUT2D eigenvalue weighted by atomic mass is 10.0. The van der Waals surface area contributed by atoms with E-state index in [2.05, 4.69) is 4.90 Å². The smallest absolute Gasteiger partial charge is 0.0506 e. The molecule has 0 amide bonds. The van der Waals surface area contributed by atoms with Crippen molar-refractivity contribution >= 4 is 0 Å². The number of rotatable bonds is 2. The van der Waals surface area contributed by atoms with Gasteiger partial charge in [-0.1, -0.05) is 0 Å². The molecule has 3 heteroatoms. The molecule has 3 rings (SSSR count). The average molecular weight is 224 g/mol. The molecular formula is C13H24N2O. The lowest BCUT2D eigenvalue weighted by molar-refractivity contribution is 0.0407. The van der Waals surface area contributed by atoms with Crippen molar-refractivity contribution in [1.82, 2.24) is 4.90 Å². The molecule has 4 atom stereocenters. The Labute approximate surface area is 98.3 Å². The van der Waals surface area contributed by atoms with Crippen molar-refractivity contribution in [3.63, 3.8) is 0 Å². The SMILES string of the molecule is NC1CC2CN(CC3CCCOC3)C[C@@H]2C1. The summed E-state index contributed by atoms with van der Waals surface area (Å²) in [5, 5.41) is 0. The molecule has 1 aliphatic carbocycles. The number of fused-ring (bicyclic) bond motifs is 1. The zero-order valence-corrected chi connectivity index (χ0v) is 10.1. The fourth-order valence-electron chi connectivity index (χ4n) is 3.91. The summed E-state index contributed by atoms with van der Waals surface area (Å²) in [6.07, 6.45) is 5.16. The van der Waals surface area contributed by atoms with E-state index in [1.165, 1.54) is 45.3 Å². The van der Waals surface area contributed by atoms with Crippen LogP contribution in [0.15, 0.2) is 0 Å². The largest absolute Gasteiger partial charge is 0.381 e. The van der Waals surface area contributed by atoms with Gasteiger partial charge in [-0.2, -0.15) is 0 Å². The number of hydrogen-bond acceptors (Lipinski definition) is 3. The van der Waals surface area contributed by atoms with Gasteiger partial charge in [0.1, 0.15) is 0 Å². The molecular weight excluding hydrogens is 200 g/mol. The highest BCUT2D eigenvalue weighted by Gasteiger charge is 2.39. The van der Waals surface area contributed by atoms with Crippen LogP contribution in [0.1, 0.15) is 25.7 Å². The topological polar surface area (TPSA) is 38.5 Å². The second-order valence-corrected chi connectivity index (χ2v) is 6.05. The maximum Gasteiger partial charge on any atom is 0.0506 e. The Balaban J connectivity index is 1.47. The Morgan fingerprint density at radius 1 is 1.19 bits per heavy atom. The van der Waals surface area contributed by atoms with Crippen molar-refractivity contribution in [2.24, 2.45) is 23.5 Å². The molecule has 0 bridgehead atoms. The lowest BCUT2D eigenvalue weighted by Crippen LogP contribution is -2.33. The van der Waals surface area contributed by atoms with Crippen LogP contribution in [0.4, 0.5) is 0 Å². The molecule has 0 radical (unpaired) electrons. The lowest BCUT2D eigenvalue weighted by Gasteiger charge is -2.27. The van der Waals surface area contributed by atoms with E-state index >= 15 is 0 Å². The Morgan fingerprint density at radius 2 is 1.94 bits per heavy atom. The molecule has 2 saturated heterocycles. The second-order valence-electron chi connectivity index (χ2n) is 6.05.